The van der Waals surface area contributed by atoms with Crippen molar-refractivity contribution in [2.45, 2.75) is 20.3 Å². The molecule has 0 atom stereocenters. The van der Waals surface area contributed by atoms with Crippen molar-refractivity contribution in [2.24, 2.45) is 0 Å². The van der Waals surface area contributed by atoms with Gasteiger partial charge in [0.2, 0.25) is 0 Å². The summed E-state index contributed by atoms with van der Waals surface area (Å²) in [6.07, 6.45) is 0.389. The average molecular weight is 284 g/mol. The minimum Gasteiger partial charge on any atom is -0.494 e. The molecule has 0 bridgehead atoms. The number of carbonyl (C=O) groups is 1. The fourth-order valence-electron chi connectivity index (χ4n) is 2.06. The van der Waals surface area contributed by atoms with Crippen LogP contribution in [0.15, 0.2) is 48.5 Å². The lowest BCUT2D eigenvalue weighted by Gasteiger charge is -2.06. The number of hydrogen-bond donors (Lipinski definition) is 0. The third kappa shape index (κ3) is 4.35. The van der Waals surface area contributed by atoms with Crippen molar-refractivity contribution in [2.75, 3.05) is 13.2 Å². The maximum atomic E-state index is 12.2. The Kier molecular flexibility index (Phi) is 5.38. The number of ketones is 1. The molecular weight excluding hydrogens is 264 g/mol. The van der Waals surface area contributed by atoms with Gasteiger partial charge in [0.1, 0.15) is 11.5 Å². The molecule has 2 aromatic carbocycles. The van der Waals surface area contributed by atoms with Crippen LogP contribution < -0.4 is 9.47 Å². The van der Waals surface area contributed by atoms with Gasteiger partial charge < -0.3 is 9.47 Å². The molecule has 0 unspecified atom stereocenters. The van der Waals surface area contributed by atoms with Gasteiger partial charge in [-0.3, -0.25) is 4.79 Å². The van der Waals surface area contributed by atoms with Gasteiger partial charge in [-0.2, -0.15) is 0 Å². The van der Waals surface area contributed by atoms with Gasteiger partial charge in [0.05, 0.1) is 13.2 Å². The van der Waals surface area contributed by atoms with Crippen LogP contribution in [0.5, 0.6) is 11.5 Å². The highest BCUT2D eigenvalue weighted by Crippen LogP contribution is 2.16. The largest absolute Gasteiger partial charge is 0.494 e. The molecule has 0 saturated heterocycles. The van der Waals surface area contributed by atoms with Crippen molar-refractivity contribution in [3.63, 3.8) is 0 Å². The van der Waals surface area contributed by atoms with E-state index in [-0.39, 0.29) is 5.78 Å². The fraction of sp³-hybridized carbons (Fsp3) is 0.278. The number of benzene rings is 2. The fourth-order valence-corrected chi connectivity index (χ4v) is 2.06. The van der Waals surface area contributed by atoms with E-state index in [1.807, 2.05) is 62.4 Å². The summed E-state index contributed by atoms with van der Waals surface area (Å²) in [7, 11) is 0. The van der Waals surface area contributed by atoms with E-state index >= 15 is 0 Å². The first-order chi connectivity index (χ1) is 10.2. The minimum atomic E-state index is 0.0993. The highest BCUT2D eigenvalue weighted by Gasteiger charge is 2.07. The molecule has 2 aromatic rings. The van der Waals surface area contributed by atoms with E-state index in [1.165, 1.54) is 0 Å². The number of ether oxygens (including phenoxy) is 2. The van der Waals surface area contributed by atoms with E-state index in [9.17, 15) is 4.79 Å². The first-order valence-corrected chi connectivity index (χ1v) is 7.20. The number of carbonyl (C=O) groups excluding carboxylic acids is 1. The molecule has 0 fully saturated rings. The molecule has 21 heavy (non-hydrogen) atoms. The van der Waals surface area contributed by atoms with Gasteiger partial charge in [-0.25, -0.2) is 0 Å². The molecule has 0 aliphatic carbocycles. The van der Waals surface area contributed by atoms with Crippen molar-refractivity contribution in [1.82, 2.24) is 0 Å². The van der Waals surface area contributed by atoms with Crippen LogP contribution in [-0.4, -0.2) is 19.0 Å². The lowest BCUT2D eigenvalue weighted by Crippen LogP contribution is -2.03. The Labute approximate surface area is 125 Å². The Hall–Kier alpha value is -2.29. The van der Waals surface area contributed by atoms with Crippen LogP contribution in [0.25, 0.3) is 0 Å². The van der Waals surface area contributed by atoms with Gasteiger partial charge in [-0.1, -0.05) is 12.1 Å². The predicted molar refractivity (Wildman–Crippen MR) is 83.3 cm³/mol. The van der Waals surface area contributed by atoms with Crippen molar-refractivity contribution in [3.8, 4) is 11.5 Å². The third-order valence-corrected chi connectivity index (χ3v) is 3.09. The van der Waals surface area contributed by atoms with Crippen LogP contribution in [0.2, 0.25) is 0 Å². The smallest absolute Gasteiger partial charge is 0.167 e. The van der Waals surface area contributed by atoms with Crippen LogP contribution in [0.4, 0.5) is 0 Å². The Balaban J connectivity index is 2.00. The van der Waals surface area contributed by atoms with Crippen LogP contribution in [0, 0.1) is 0 Å². The summed E-state index contributed by atoms with van der Waals surface area (Å²) in [6.45, 7) is 5.15. The van der Waals surface area contributed by atoms with Crippen LogP contribution in [0.1, 0.15) is 29.8 Å². The monoisotopic (exact) mass is 284 g/mol. The zero-order valence-corrected chi connectivity index (χ0v) is 12.5. The highest BCUT2D eigenvalue weighted by molar-refractivity contribution is 5.97. The summed E-state index contributed by atoms with van der Waals surface area (Å²) >= 11 is 0. The molecule has 0 aromatic heterocycles. The van der Waals surface area contributed by atoms with Gasteiger partial charge in [-0.15, -0.1) is 0 Å². The molecular formula is C18H20O3. The van der Waals surface area contributed by atoms with Gasteiger partial charge in [0, 0.05) is 12.0 Å². The SMILES string of the molecule is CCOc1ccc(CC(=O)c2ccc(OCC)cc2)cc1. The van der Waals surface area contributed by atoms with Crippen molar-refractivity contribution >= 4 is 5.78 Å². The summed E-state index contributed by atoms with van der Waals surface area (Å²) in [5.74, 6) is 1.71. The van der Waals surface area contributed by atoms with Crippen LogP contribution >= 0.6 is 0 Å². The number of hydrogen-bond acceptors (Lipinski definition) is 3. The second kappa shape index (κ2) is 7.48. The van der Waals surface area contributed by atoms with Gasteiger partial charge >= 0.3 is 0 Å². The van der Waals surface area contributed by atoms with Crippen LogP contribution in [0.3, 0.4) is 0 Å². The quantitative estimate of drug-likeness (QED) is 0.723. The summed E-state index contributed by atoms with van der Waals surface area (Å²) in [5, 5.41) is 0. The maximum absolute atomic E-state index is 12.2. The molecule has 3 nitrogen and oxygen atoms in total. The molecule has 0 saturated carbocycles. The minimum absolute atomic E-state index is 0.0993. The molecule has 2 rings (SSSR count). The Bertz CT molecular complexity index is 570. The summed E-state index contributed by atoms with van der Waals surface area (Å²) in [5.41, 5.74) is 1.68. The summed E-state index contributed by atoms with van der Waals surface area (Å²) < 4.78 is 10.8. The number of Topliss-reactive ketones (excluding diaryl/α,β-unsaturated/α-hetero) is 1. The summed E-state index contributed by atoms with van der Waals surface area (Å²) in [6, 6.07) is 14.9. The average Bonchev–Trinajstić information content (AvgIpc) is 2.50. The third-order valence-electron chi connectivity index (χ3n) is 3.09. The van der Waals surface area contributed by atoms with E-state index < -0.39 is 0 Å². The Morgan fingerprint density at radius 1 is 0.810 bits per heavy atom. The molecule has 0 aliphatic heterocycles. The zero-order chi connectivity index (χ0) is 15.1. The van der Waals surface area contributed by atoms with E-state index in [1.54, 1.807) is 0 Å². The second-order valence-electron chi connectivity index (χ2n) is 4.63. The lowest BCUT2D eigenvalue weighted by atomic mass is 10.0. The molecule has 0 radical (unpaired) electrons. The van der Waals surface area contributed by atoms with E-state index in [0.29, 0.717) is 25.2 Å². The molecule has 0 N–H and O–H groups in total. The first kappa shape index (κ1) is 15.1. The maximum Gasteiger partial charge on any atom is 0.167 e. The van der Waals surface area contributed by atoms with Crippen molar-refractivity contribution in [3.05, 3.63) is 59.7 Å². The second-order valence-corrected chi connectivity index (χ2v) is 4.63. The first-order valence-electron chi connectivity index (χ1n) is 7.20. The van der Waals surface area contributed by atoms with Crippen molar-refractivity contribution in [1.29, 1.82) is 0 Å². The van der Waals surface area contributed by atoms with E-state index in [0.717, 1.165) is 17.1 Å². The highest BCUT2D eigenvalue weighted by atomic mass is 16.5. The standard InChI is InChI=1S/C18H20O3/c1-3-20-16-9-5-14(6-10-16)13-18(19)15-7-11-17(12-8-15)21-4-2/h5-12H,3-4,13H2,1-2H3. The molecule has 110 valence electrons. The normalized spacial score (nSPS) is 10.2. The van der Waals surface area contributed by atoms with Crippen LogP contribution in [-0.2, 0) is 6.42 Å². The van der Waals surface area contributed by atoms with Crippen molar-refractivity contribution < 1.29 is 14.3 Å². The zero-order valence-electron chi connectivity index (χ0n) is 12.5. The topological polar surface area (TPSA) is 35.5 Å². The number of rotatable bonds is 7. The molecule has 0 spiro atoms. The van der Waals surface area contributed by atoms with Gasteiger partial charge in [0.25, 0.3) is 0 Å². The molecule has 0 aliphatic rings. The van der Waals surface area contributed by atoms with E-state index in [2.05, 4.69) is 0 Å². The molecule has 0 heterocycles. The van der Waals surface area contributed by atoms with E-state index in [4.69, 9.17) is 9.47 Å². The van der Waals surface area contributed by atoms with Gasteiger partial charge in [0.15, 0.2) is 5.78 Å². The lowest BCUT2D eigenvalue weighted by molar-refractivity contribution is 0.0993. The summed E-state index contributed by atoms with van der Waals surface area (Å²) in [4.78, 5) is 12.2. The predicted octanol–water partition coefficient (Wildman–Crippen LogP) is 3.91. The molecule has 3 heteroatoms. The van der Waals surface area contributed by atoms with Gasteiger partial charge in [-0.05, 0) is 55.8 Å². The molecule has 0 amide bonds. The Morgan fingerprint density at radius 3 is 1.76 bits per heavy atom. The Morgan fingerprint density at radius 2 is 1.29 bits per heavy atom.